The van der Waals surface area contributed by atoms with E-state index in [-0.39, 0.29) is 23.0 Å². The van der Waals surface area contributed by atoms with Crippen molar-refractivity contribution >= 4 is 73.3 Å². The first-order valence-corrected chi connectivity index (χ1v) is 18.2. The number of hydrogen-bond acceptors (Lipinski definition) is 12. The van der Waals surface area contributed by atoms with Gasteiger partial charge in [0.25, 0.3) is 0 Å². The minimum atomic E-state index is -0.0689. The van der Waals surface area contributed by atoms with Gasteiger partial charge in [-0.05, 0) is 148 Å². The number of hydrogen-bond donors (Lipinski definition) is 12. The zero-order valence-electron chi connectivity index (χ0n) is 31.3. The molecule has 12 N–H and O–H groups in total. The van der Waals surface area contributed by atoms with Crippen LogP contribution in [0.15, 0.2) is 129 Å². The predicted octanol–water partition coefficient (Wildman–Crippen LogP) is 10.3. The standard InChI is InChI=1S/2C7H9NO.2C7H9NS.C7H8O2.C7H8S2/c1-5-2-3-7(9)6(8)4-5;1-5-2-3-6(8)7(9)4-5;1-5-2-3-7(9)6(8)4-5;3*1-5-2-3-6(8)7(9)4-5/h4*2-4,9H,8H2,1H3;2*2-4,8-9H,1H3. The molecule has 0 fully saturated rings. The second kappa shape index (κ2) is 23.7. The van der Waals surface area contributed by atoms with Crippen LogP contribution in [-0.4, -0.2) is 20.4 Å². The Balaban J connectivity index is 0.000000324. The molecule has 0 heterocycles. The van der Waals surface area contributed by atoms with E-state index in [0.29, 0.717) is 11.4 Å². The third-order valence-electron chi connectivity index (χ3n) is 7.00. The third kappa shape index (κ3) is 18.7. The first-order valence-electron chi connectivity index (χ1n) is 16.4. The third-order valence-corrected chi connectivity index (χ3v) is 8.73. The lowest BCUT2D eigenvalue weighted by atomic mass is 10.2. The second-order valence-corrected chi connectivity index (χ2v) is 14.2. The monoisotopic (exact) mass is 804 g/mol. The lowest BCUT2D eigenvalue weighted by molar-refractivity contribution is 0.403. The van der Waals surface area contributed by atoms with Gasteiger partial charge in [-0.2, -0.15) is 0 Å². The van der Waals surface area contributed by atoms with Crippen molar-refractivity contribution in [2.24, 2.45) is 0 Å². The molecule has 0 aliphatic heterocycles. The fraction of sp³-hybridized carbons (Fsp3) is 0.143. The van der Waals surface area contributed by atoms with E-state index in [0.717, 1.165) is 47.6 Å². The number of aryl methyl sites for hydroxylation is 6. The highest BCUT2D eigenvalue weighted by Gasteiger charge is 1.96. The summed E-state index contributed by atoms with van der Waals surface area (Å²) in [5, 5.41) is 35.5. The van der Waals surface area contributed by atoms with E-state index in [1.54, 1.807) is 30.3 Å². The molecule has 0 amide bonds. The van der Waals surface area contributed by atoms with E-state index in [4.69, 9.17) is 43.4 Å². The van der Waals surface area contributed by atoms with Crippen LogP contribution in [0.1, 0.15) is 33.4 Å². The number of aromatic hydroxyl groups is 4. The van der Waals surface area contributed by atoms with Crippen LogP contribution < -0.4 is 22.9 Å². The Kier molecular flexibility index (Phi) is 20.7. The minimum Gasteiger partial charge on any atom is -0.506 e. The first kappa shape index (κ1) is 47.1. The van der Waals surface area contributed by atoms with Gasteiger partial charge in [-0.15, -0.1) is 50.5 Å². The van der Waals surface area contributed by atoms with Gasteiger partial charge in [0.15, 0.2) is 11.5 Å². The largest absolute Gasteiger partial charge is 0.506 e. The van der Waals surface area contributed by atoms with Crippen LogP contribution in [0.4, 0.5) is 22.7 Å². The molecule has 0 saturated carbocycles. The molecular weight excluding hydrogens is 753 g/mol. The molecule has 54 heavy (non-hydrogen) atoms. The molecule has 6 aromatic carbocycles. The van der Waals surface area contributed by atoms with Crippen LogP contribution in [0.25, 0.3) is 0 Å². The Hall–Kier alpha value is -4.88. The van der Waals surface area contributed by atoms with Crippen LogP contribution in [-0.2, 0) is 0 Å². The molecule has 6 aromatic rings. The van der Waals surface area contributed by atoms with Gasteiger partial charge in [0, 0.05) is 31.0 Å². The smallest absolute Gasteiger partial charge is 0.157 e. The predicted molar refractivity (Wildman–Crippen MR) is 240 cm³/mol. The molecule has 0 aliphatic carbocycles. The summed E-state index contributed by atoms with van der Waals surface area (Å²) in [5.74, 6) is 0.186. The number of benzene rings is 6. The minimum absolute atomic E-state index is 0.0602. The van der Waals surface area contributed by atoms with Crippen LogP contribution in [0.2, 0.25) is 0 Å². The number of rotatable bonds is 0. The molecule has 0 bridgehead atoms. The number of phenolic OH excluding ortho intramolecular Hbond substituents is 4. The molecule has 0 atom stereocenters. The molecule has 8 nitrogen and oxygen atoms in total. The van der Waals surface area contributed by atoms with Gasteiger partial charge >= 0.3 is 0 Å². The maximum atomic E-state index is 8.98. The molecule has 0 radical (unpaired) electrons. The van der Waals surface area contributed by atoms with Crippen LogP contribution in [0.5, 0.6) is 23.0 Å². The molecule has 0 aromatic heterocycles. The molecule has 288 valence electrons. The lowest BCUT2D eigenvalue weighted by Crippen LogP contribution is -1.86. The van der Waals surface area contributed by atoms with Crippen molar-refractivity contribution in [1.82, 2.24) is 0 Å². The summed E-state index contributed by atoms with van der Waals surface area (Å²) in [6, 6.07) is 32.5. The van der Waals surface area contributed by atoms with E-state index < -0.39 is 0 Å². The zero-order chi connectivity index (χ0) is 41.1. The molecular formula is C42H52N4O4S4. The highest BCUT2D eigenvalue weighted by Crippen LogP contribution is 2.24. The van der Waals surface area contributed by atoms with Gasteiger partial charge in [0.1, 0.15) is 11.5 Å². The summed E-state index contributed by atoms with van der Waals surface area (Å²) < 4.78 is 0. The van der Waals surface area contributed by atoms with E-state index in [1.807, 2.05) is 108 Å². The maximum Gasteiger partial charge on any atom is 0.157 e. The van der Waals surface area contributed by atoms with Gasteiger partial charge in [0.2, 0.25) is 0 Å². The van der Waals surface area contributed by atoms with Crippen molar-refractivity contribution in [2.45, 2.75) is 61.1 Å². The highest BCUT2D eigenvalue weighted by molar-refractivity contribution is 7.83. The van der Waals surface area contributed by atoms with Crippen molar-refractivity contribution in [1.29, 1.82) is 0 Å². The van der Waals surface area contributed by atoms with Gasteiger partial charge < -0.3 is 43.4 Å². The first-order chi connectivity index (χ1) is 25.2. The lowest BCUT2D eigenvalue weighted by Gasteiger charge is -1.97. The summed E-state index contributed by atoms with van der Waals surface area (Å²) in [6.07, 6.45) is 0. The number of anilines is 4. The van der Waals surface area contributed by atoms with E-state index >= 15 is 0 Å². The van der Waals surface area contributed by atoms with Crippen molar-refractivity contribution in [3.63, 3.8) is 0 Å². The maximum absolute atomic E-state index is 8.98. The Morgan fingerprint density at radius 2 is 0.667 bits per heavy atom. The summed E-state index contributed by atoms with van der Waals surface area (Å²) in [7, 11) is 0. The molecule has 12 heteroatoms. The van der Waals surface area contributed by atoms with Crippen LogP contribution in [0, 0.1) is 41.5 Å². The molecule has 6 rings (SSSR count). The second-order valence-electron chi connectivity index (χ2n) is 12.2. The van der Waals surface area contributed by atoms with Gasteiger partial charge in [-0.3, -0.25) is 0 Å². The highest BCUT2D eigenvalue weighted by atomic mass is 32.1. The topological polar surface area (TPSA) is 185 Å². The Morgan fingerprint density at radius 1 is 0.296 bits per heavy atom. The van der Waals surface area contributed by atoms with E-state index in [2.05, 4.69) is 50.5 Å². The van der Waals surface area contributed by atoms with Crippen molar-refractivity contribution < 1.29 is 20.4 Å². The average molecular weight is 805 g/mol. The van der Waals surface area contributed by atoms with Crippen LogP contribution >= 0.6 is 50.5 Å². The van der Waals surface area contributed by atoms with Gasteiger partial charge in [0.05, 0.1) is 11.4 Å². The van der Waals surface area contributed by atoms with E-state index in [1.165, 1.54) is 28.8 Å². The Morgan fingerprint density at radius 3 is 1.00 bits per heavy atom. The van der Waals surface area contributed by atoms with Crippen LogP contribution in [0.3, 0.4) is 0 Å². The normalized spacial score (nSPS) is 9.52. The number of phenols is 4. The number of thiol groups is 4. The fourth-order valence-corrected chi connectivity index (χ4v) is 4.76. The summed E-state index contributed by atoms with van der Waals surface area (Å²) in [4.78, 5) is 3.58. The zero-order valence-corrected chi connectivity index (χ0v) is 34.9. The molecule has 0 spiro atoms. The molecule has 0 aliphatic rings. The quantitative estimate of drug-likeness (QED) is 0.0406. The van der Waals surface area contributed by atoms with Crippen molar-refractivity contribution in [3.05, 3.63) is 143 Å². The summed E-state index contributed by atoms with van der Waals surface area (Å²) >= 11 is 16.6. The van der Waals surface area contributed by atoms with Gasteiger partial charge in [-0.25, -0.2) is 0 Å². The Labute approximate surface area is 341 Å². The average Bonchev–Trinajstić information content (AvgIpc) is 3.10. The fourth-order valence-electron chi connectivity index (χ4n) is 3.92. The number of nitrogens with two attached hydrogens (primary N) is 4. The van der Waals surface area contributed by atoms with E-state index in [9.17, 15) is 0 Å². The SMILES string of the molecule is Cc1ccc(N)c(O)c1.Cc1ccc(N)c(S)c1.Cc1ccc(O)c(N)c1.Cc1ccc(O)c(O)c1.Cc1ccc(S)c(N)c1.Cc1ccc(S)c(S)c1. The van der Waals surface area contributed by atoms with Crippen molar-refractivity contribution in [2.75, 3.05) is 22.9 Å². The summed E-state index contributed by atoms with van der Waals surface area (Å²) in [5.41, 5.74) is 30.7. The van der Waals surface area contributed by atoms with Crippen molar-refractivity contribution in [3.8, 4) is 23.0 Å². The number of nitrogen functional groups attached to an aromatic ring is 4. The summed E-state index contributed by atoms with van der Waals surface area (Å²) in [6.45, 7) is 11.7. The molecule has 0 saturated heterocycles. The molecule has 0 unspecified atom stereocenters. The Bertz CT molecular complexity index is 1710. The van der Waals surface area contributed by atoms with Gasteiger partial charge in [-0.1, -0.05) is 36.4 Å².